The first-order valence-electron chi connectivity index (χ1n) is 6.86. The number of hydrogen-bond donors (Lipinski definition) is 0. The van der Waals surface area contributed by atoms with Gasteiger partial charge in [-0.3, -0.25) is 9.69 Å². The van der Waals surface area contributed by atoms with Crippen molar-refractivity contribution in [1.29, 1.82) is 0 Å². The lowest BCUT2D eigenvalue weighted by Crippen LogP contribution is -2.28. The molecule has 2 aromatic rings. The van der Waals surface area contributed by atoms with E-state index in [0.29, 0.717) is 9.23 Å². The molecule has 1 saturated heterocycles. The first-order chi connectivity index (χ1) is 10.5. The number of thioether (sulfide) groups is 1. The summed E-state index contributed by atoms with van der Waals surface area (Å²) in [5, 5.41) is 2.03. The van der Waals surface area contributed by atoms with Crippen LogP contribution in [0.15, 0.2) is 34.6 Å². The molecule has 1 amide bonds. The van der Waals surface area contributed by atoms with Gasteiger partial charge in [0.25, 0.3) is 5.91 Å². The van der Waals surface area contributed by atoms with E-state index in [9.17, 15) is 4.79 Å². The van der Waals surface area contributed by atoms with Crippen molar-refractivity contribution >= 4 is 57.3 Å². The van der Waals surface area contributed by atoms with Gasteiger partial charge in [-0.05, 0) is 55.5 Å². The summed E-state index contributed by atoms with van der Waals surface area (Å²) in [5.74, 6) is -0.0326. The van der Waals surface area contributed by atoms with E-state index in [1.807, 2.05) is 44.4 Å². The van der Waals surface area contributed by atoms with Crippen LogP contribution in [-0.4, -0.2) is 10.2 Å². The zero-order valence-corrected chi connectivity index (χ0v) is 15.0. The van der Waals surface area contributed by atoms with Gasteiger partial charge in [0.15, 0.2) is 4.32 Å². The lowest BCUT2D eigenvalue weighted by atomic mass is 10.1. The van der Waals surface area contributed by atoms with Crippen molar-refractivity contribution in [2.75, 3.05) is 4.90 Å². The lowest BCUT2D eigenvalue weighted by molar-refractivity contribution is -0.113. The smallest absolute Gasteiger partial charge is 0.268 e. The van der Waals surface area contributed by atoms with E-state index in [1.54, 1.807) is 16.2 Å². The van der Waals surface area contributed by atoms with Gasteiger partial charge in [0.1, 0.15) is 0 Å². The van der Waals surface area contributed by atoms with Gasteiger partial charge in [0.2, 0.25) is 0 Å². The number of nitrogens with zero attached hydrogens (tertiary/aromatic N) is 1. The summed E-state index contributed by atoms with van der Waals surface area (Å²) >= 11 is 8.44. The standard InChI is InChI=1S/C17H15NOS3/c1-10-4-5-13(12(3)8-10)18-16(19)15(22-17(18)20)9-14-11(2)6-7-21-14/h4-9H,1-3H3/b15-9-. The average Bonchev–Trinajstić information content (AvgIpc) is 2.97. The Morgan fingerprint density at radius 2 is 1.91 bits per heavy atom. The first kappa shape index (κ1) is 15.5. The van der Waals surface area contributed by atoms with Gasteiger partial charge in [-0.2, -0.15) is 0 Å². The highest BCUT2D eigenvalue weighted by molar-refractivity contribution is 8.27. The van der Waals surface area contributed by atoms with Crippen molar-refractivity contribution in [3.63, 3.8) is 0 Å². The van der Waals surface area contributed by atoms with E-state index in [-0.39, 0.29) is 5.91 Å². The molecule has 1 fully saturated rings. The fourth-order valence-electron chi connectivity index (χ4n) is 2.38. The number of aryl methyl sites for hydroxylation is 3. The van der Waals surface area contributed by atoms with Crippen LogP contribution in [0.2, 0.25) is 0 Å². The second kappa shape index (κ2) is 5.99. The van der Waals surface area contributed by atoms with Crippen LogP contribution in [0.5, 0.6) is 0 Å². The van der Waals surface area contributed by atoms with Crippen molar-refractivity contribution in [3.8, 4) is 0 Å². The molecule has 0 N–H and O–H groups in total. The van der Waals surface area contributed by atoms with Gasteiger partial charge < -0.3 is 0 Å². The molecule has 112 valence electrons. The van der Waals surface area contributed by atoms with E-state index >= 15 is 0 Å². The number of thiocarbonyl (C=S) groups is 1. The van der Waals surface area contributed by atoms with Gasteiger partial charge in [0.05, 0.1) is 10.6 Å². The molecule has 0 radical (unpaired) electrons. The fourth-order valence-corrected chi connectivity index (χ4v) is 4.58. The quantitative estimate of drug-likeness (QED) is 0.559. The number of anilines is 1. The molecule has 0 unspecified atom stereocenters. The molecule has 1 aliphatic rings. The highest BCUT2D eigenvalue weighted by atomic mass is 32.2. The van der Waals surface area contributed by atoms with E-state index in [1.165, 1.54) is 22.9 Å². The Bertz CT molecular complexity index is 804. The van der Waals surface area contributed by atoms with Crippen LogP contribution < -0.4 is 4.90 Å². The number of carbonyl (C=O) groups is 1. The Balaban J connectivity index is 1.98. The Labute approximate surface area is 143 Å². The molecule has 0 aliphatic carbocycles. The summed E-state index contributed by atoms with van der Waals surface area (Å²) in [6, 6.07) is 8.10. The van der Waals surface area contributed by atoms with Crippen LogP contribution >= 0.6 is 35.3 Å². The molecule has 0 spiro atoms. The predicted molar refractivity (Wildman–Crippen MR) is 101 cm³/mol. The molecule has 0 atom stereocenters. The molecule has 2 heterocycles. The minimum Gasteiger partial charge on any atom is -0.268 e. The Morgan fingerprint density at radius 3 is 2.55 bits per heavy atom. The van der Waals surface area contributed by atoms with E-state index < -0.39 is 0 Å². The van der Waals surface area contributed by atoms with Gasteiger partial charge in [-0.1, -0.05) is 41.7 Å². The van der Waals surface area contributed by atoms with Crippen LogP contribution in [0.3, 0.4) is 0 Å². The summed E-state index contributed by atoms with van der Waals surface area (Å²) in [6.07, 6.45) is 1.95. The summed E-state index contributed by atoms with van der Waals surface area (Å²) in [6.45, 7) is 6.10. The molecule has 22 heavy (non-hydrogen) atoms. The highest BCUT2D eigenvalue weighted by Gasteiger charge is 2.34. The average molecular weight is 346 g/mol. The lowest BCUT2D eigenvalue weighted by Gasteiger charge is -2.17. The number of thiophene rings is 1. The maximum Gasteiger partial charge on any atom is 0.270 e. The van der Waals surface area contributed by atoms with Crippen LogP contribution in [-0.2, 0) is 4.79 Å². The van der Waals surface area contributed by atoms with Gasteiger partial charge in [-0.25, -0.2) is 0 Å². The third-order valence-corrected chi connectivity index (χ3v) is 5.82. The molecule has 3 rings (SSSR count). The monoisotopic (exact) mass is 345 g/mol. The SMILES string of the molecule is Cc1ccc(N2C(=O)/C(=C/c3sccc3C)SC2=S)c(C)c1. The third-order valence-electron chi connectivity index (χ3n) is 3.55. The first-order valence-corrected chi connectivity index (χ1v) is 8.97. The third kappa shape index (κ3) is 2.76. The fraction of sp³-hybridized carbons (Fsp3) is 0.176. The van der Waals surface area contributed by atoms with Gasteiger partial charge in [0, 0.05) is 4.88 Å². The minimum atomic E-state index is -0.0326. The molecule has 1 aliphatic heterocycles. The van der Waals surface area contributed by atoms with Crippen molar-refractivity contribution < 1.29 is 4.79 Å². The van der Waals surface area contributed by atoms with E-state index in [0.717, 1.165) is 16.1 Å². The zero-order chi connectivity index (χ0) is 15.9. The topological polar surface area (TPSA) is 20.3 Å². The second-order valence-corrected chi connectivity index (χ2v) is 7.90. The summed E-state index contributed by atoms with van der Waals surface area (Å²) in [4.78, 5) is 16.2. The van der Waals surface area contributed by atoms with Crippen LogP contribution in [0.1, 0.15) is 21.6 Å². The number of rotatable bonds is 2. The second-order valence-electron chi connectivity index (χ2n) is 5.27. The van der Waals surface area contributed by atoms with Gasteiger partial charge in [-0.15, -0.1) is 11.3 Å². The number of carbonyl (C=O) groups excluding carboxylic acids is 1. The molecule has 5 heteroatoms. The van der Waals surface area contributed by atoms with E-state index in [4.69, 9.17) is 12.2 Å². The predicted octanol–water partition coefficient (Wildman–Crippen LogP) is 5.08. The molecule has 1 aromatic carbocycles. The summed E-state index contributed by atoms with van der Waals surface area (Å²) in [7, 11) is 0. The van der Waals surface area contributed by atoms with Crippen molar-refractivity contribution in [2.24, 2.45) is 0 Å². The number of amides is 1. The van der Waals surface area contributed by atoms with Crippen molar-refractivity contribution in [1.82, 2.24) is 0 Å². The highest BCUT2D eigenvalue weighted by Crippen LogP contribution is 2.38. The maximum atomic E-state index is 12.7. The zero-order valence-electron chi connectivity index (χ0n) is 12.5. The normalized spacial score (nSPS) is 16.9. The molecule has 0 saturated carbocycles. The number of hydrogen-bond acceptors (Lipinski definition) is 4. The number of benzene rings is 1. The molecule has 2 nitrogen and oxygen atoms in total. The Hall–Kier alpha value is -1.43. The Kier molecular flexibility index (Phi) is 4.21. The Morgan fingerprint density at radius 1 is 1.14 bits per heavy atom. The molecule has 0 bridgehead atoms. The van der Waals surface area contributed by atoms with E-state index in [2.05, 4.69) is 12.1 Å². The maximum absolute atomic E-state index is 12.7. The van der Waals surface area contributed by atoms with Crippen LogP contribution in [0.4, 0.5) is 5.69 Å². The molecular weight excluding hydrogens is 330 g/mol. The van der Waals surface area contributed by atoms with Crippen LogP contribution in [0, 0.1) is 20.8 Å². The van der Waals surface area contributed by atoms with Crippen molar-refractivity contribution in [2.45, 2.75) is 20.8 Å². The molecular formula is C17H15NOS3. The largest absolute Gasteiger partial charge is 0.270 e. The van der Waals surface area contributed by atoms with Crippen molar-refractivity contribution in [3.05, 3.63) is 56.1 Å². The summed E-state index contributed by atoms with van der Waals surface area (Å²) < 4.78 is 0.595. The summed E-state index contributed by atoms with van der Waals surface area (Å²) in [5.41, 5.74) is 4.29. The van der Waals surface area contributed by atoms with Crippen LogP contribution in [0.25, 0.3) is 6.08 Å². The van der Waals surface area contributed by atoms with Gasteiger partial charge >= 0.3 is 0 Å². The molecule has 1 aromatic heterocycles. The minimum absolute atomic E-state index is 0.0326.